The summed E-state index contributed by atoms with van der Waals surface area (Å²) < 4.78 is 2.03. The highest BCUT2D eigenvalue weighted by atomic mass is 35.5. The highest BCUT2D eigenvalue weighted by Gasteiger charge is 1.94. The van der Waals surface area contributed by atoms with Gasteiger partial charge in [0.05, 0.1) is 6.33 Å². The van der Waals surface area contributed by atoms with E-state index >= 15 is 0 Å². The first kappa shape index (κ1) is 11.9. The van der Waals surface area contributed by atoms with E-state index in [2.05, 4.69) is 10.3 Å². The lowest BCUT2D eigenvalue weighted by atomic mass is 10.3. The van der Waals surface area contributed by atoms with Crippen LogP contribution in [0.25, 0.3) is 0 Å². The van der Waals surface area contributed by atoms with Crippen LogP contribution in [0.1, 0.15) is 13.3 Å². The second-order valence-electron chi connectivity index (χ2n) is 3.12. The lowest BCUT2D eigenvalue weighted by molar-refractivity contribution is 0.709. The molecule has 1 rings (SSSR count). The summed E-state index contributed by atoms with van der Waals surface area (Å²) >= 11 is 5.92. The number of imidazole rings is 1. The molecule has 0 fully saturated rings. The minimum absolute atomic E-state index is 0.784. The molecule has 82 valence electrons. The van der Waals surface area contributed by atoms with Crippen LogP contribution in [-0.2, 0) is 6.54 Å². The first-order valence-corrected chi connectivity index (χ1v) is 5.32. The molecule has 0 aliphatic rings. The summed E-state index contributed by atoms with van der Waals surface area (Å²) in [7, 11) is 1.86. The van der Waals surface area contributed by atoms with Crippen LogP contribution in [0.3, 0.4) is 0 Å². The normalized spacial score (nSPS) is 12.3. The van der Waals surface area contributed by atoms with Crippen LogP contribution in [0, 0.1) is 0 Å². The Labute approximate surface area is 95.5 Å². The molecule has 0 amide bonds. The summed E-state index contributed by atoms with van der Waals surface area (Å²) in [5, 5.41) is 3.77. The third-order valence-corrected chi connectivity index (χ3v) is 2.22. The average molecular weight is 226 g/mol. The Morgan fingerprint density at radius 2 is 2.47 bits per heavy atom. The fourth-order valence-corrected chi connectivity index (χ4v) is 1.43. The monoisotopic (exact) mass is 225 g/mol. The van der Waals surface area contributed by atoms with Crippen molar-refractivity contribution in [3.63, 3.8) is 0 Å². The fourth-order valence-electron chi connectivity index (χ4n) is 1.19. The maximum absolute atomic E-state index is 5.92. The molecule has 0 aliphatic heterocycles. The van der Waals surface area contributed by atoms with Crippen molar-refractivity contribution in [2.75, 3.05) is 12.4 Å². The minimum Gasteiger partial charge on any atom is -0.372 e. The van der Waals surface area contributed by atoms with Gasteiger partial charge in [-0.05, 0) is 19.4 Å². The quantitative estimate of drug-likeness (QED) is 0.781. The van der Waals surface area contributed by atoms with E-state index in [0.29, 0.717) is 0 Å². The molecule has 0 aromatic carbocycles. The van der Waals surface area contributed by atoms with Gasteiger partial charge in [0.15, 0.2) is 0 Å². The molecule has 15 heavy (non-hydrogen) atoms. The number of aryl methyl sites for hydroxylation is 1. The second kappa shape index (κ2) is 6.30. The van der Waals surface area contributed by atoms with Crippen LogP contribution >= 0.6 is 11.6 Å². The third kappa shape index (κ3) is 4.21. The largest absolute Gasteiger partial charge is 0.372 e. The van der Waals surface area contributed by atoms with Crippen LogP contribution in [-0.4, -0.2) is 16.6 Å². The van der Waals surface area contributed by atoms with Crippen molar-refractivity contribution in [2.24, 2.45) is 0 Å². The third-order valence-electron chi connectivity index (χ3n) is 1.94. The zero-order chi connectivity index (χ0) is 11.1. The molecular formula is C11H16ClN3. The Bertz CT molecular complexity index is 352. The molecule has 0 unspecified atom stereocenters. The van der Waals surface area contributed by atoms with Gasteiger partial charge in [-0.25, -0.2) is 4.98 Å². The fraction of sp³-hybridized carbons (Fsp3) is 0.364. The zero-order valence-electron chi connectivity index (χ0n) is 9.07. The summed E-state index contributed by atoms with van der Waals surface area (Å²) in [6.07, 6.45) is 10.5. The van der Waals surface area contributed by atoms with Crippen LogP contribution < -0.4 is 5.32 Å². The van der Waals surface area contributed by atoms with E-state index in [1.807, 2.05) is 49.3 Å². The Kier molecular flexibility index (Phi) is 4.98. The van der Waals surface area contributed by atoms with Crippen molar-refractivity contribution >= 4 is 17.4 Å². The number of hydrogen-bond acceptors (Lipinski definition) is 2. The minimum atomic E-state index is 0.784. The van der Waals surface area contributed by atoms with E-state index in [1.165, 1.54) is 0 Å². The molecule has 1 aromatic heterocycles. The second-order valence-corrected chi connectivity index (χ2v) is 3.56. The summed E-state index contributed by atoms with van der Waals surface area (Å²) in [4.78, 5) is 4.15. The van der Waals surface area contributed by atoms with E-state index in [9.17, 15) is 0 Å². The molecule has 0 saturated heterocycles. The summed E-state index contributed by atoms with van der Waals surface area (Å²) in [6, 6.07) is 0. The standard InChI is InChI=1S/C11H16ClN3/c1-3-5-10(12)6-4-7-15-8-11(13-2)14-9-15/h3,5-6,8-9,13H,4,7H2,1-2H3/b5-3-,10-6+. The lowest BCUT2D eigenvalue weighted by Crippen LogP contribution is -1.92. The van der Waals surface area contributed by atoms with Crippen LogP contribution in [0.2, 0.25) is 0 Å². The van der Waals surface area contributed by atoms with E-state index in [1.54, 1.807) is 0 Å². The molecule has 4 heteroatoms. The van der Waals surface area contributed by atoms with Gasteiger partial charge in [-0.15, -0.1) is 0 Å². The molecule has 0 spiro atoms. The summed E-state index contributed by atoms with van der Waals surface area (Å²) in [5.74, 6) is 0.888. The summed E-state index contributed by atoms with van der Waals surface area (Å²) in [5.41, 5.74) is 0. The van der Waals surface area contributed by atoms with Crippen molar-refractivity contribution in [1.82, 2.24) is 9.55 Å². The average Bonchev–Trinajstić information content (AvgIpc) is 2.66. The van der Waals surface area contributed by atoms with Gasteiger partial charge in [-0.3, -0.25) is 0 Å². The SMILES string of the molecule is C/C=C\C(Cl)=C/CCn1cnc(NC)c1. The molecule has 1 aromatic rings. The van der Waals surface area contributed by atoms with E-state index in [4.69, 9.17) is 11.6 Å². The predicted octanol–water partition coefficient (Wildman–Crippen LogP) is 3.01. The smallest absolute Gasteiger partial charge is 0.143 e. The van der Waals surface area contributed by atoms with Gasteiger partial charge in [0.25, 0.3) is 0 Å². The van der Waals surface area contributed by atoms with E-state index in [-0.39, 0.29) is 0 Å². The number of allylic oxidation sites excluding steroid dienone is 4. The number of halogens is 1. The highest BCUT2D eigenvalue weighted by molar-refractivity contribution is 6.31. The number of anilines is 1. The predicted molar refractivity (Wildman–Crippen MR) is 65.1 cm³/mol. The number of hydrogen-bond donors (Lipinski definition) is 1. The van der Waals surface area contributed by atoms with E-state index in [0.717, 1.165) is 23.8 Å². The Morgan fingerprint density at radius 3 is 3.07 bits per heavy atom. The van der Waals surface area contributed by atoms with Crippen molar-refractivity contribution < 1.29 is 0 Å². The topological polar surface area (TPSA) is 29.9 Å². The molecule has 3 nitrogen and oxygen atoms in total. The summed E-state index contributed by atoms with van der Waals surface area (Å²) in [6.45, 7) is 2.84. The first-order chi connectivity index (χ1) is 7.26. The molecule has 0 atom stereocenters. The van der Waals surface area contributed by atoms with Gasteiger partial charge in [-0.2, -0.15) is 0 Å². The van der Waals surface area contributed by atoms with Crippen LogP contribution in [0.4, 0.5) is 5.82 Å². The lowest BCUT2D eigenvalue weighted by Gasteiger charge is -1.97. The van der Waals surface area contributed by atoms with Crippen LogP contribution in [0.5, 0.6) is 0 Å². The van der Waals surface area contributed by atoms with Crippen molar-refractivity contribution in [2.45, 2.75) is 19.9 Å². The van der Waals surface area contributed by atoms with Gasteiger partial charge in [0, 0.05) is 24.8 Å². The molecule has 0 bridgehead atoms. The molecule has 0 aliphatic carbocycles. The molecule has 0 radical (unpaired) electrons. The maximum Gasteiger partial charge on any atom is 0.143 e. The molecular weight excluding hydrogens is 210 g/mol. The van der Waals surface area contributed by atoms with Crippen molar-refractivity contribution in [1.29, 1.82) is 0 Å². The molecule has 1 heterocycles. The van der Waals surface area contributed by atoms with Gasteiger partial charge in [0.2, 0.25) is 0 Å². The first-order valence-electron chi connectivity index (χ1n) is 4.94. The molecule has 0 saturated carbocycles. The number of rotatable bonds is 5. The van der Waals surface area contributed by atoms with Gasteiger partial charge in [-0.1, -0.05) is 23.8 Å². The zero-order valence-corrected chi connectivity index (χ0v) is 9.83. The highest BCUT2D eigenvalue weighted by Crippen LogP contribution is 2.07. The van der Waals surface area contributed by atoms with E-state index < -0.39 is 0 Å². The maximum atomic E-state index is 5.92. The van der Waals surface area contributed by atoms with Gasteiger partial charge >= 0.3 is 0 Å². The molecule has 1 N–H and O–H groups in total. The Balaban J connectivity index is 2.40. The van der Waals surface area contributed by atoms with Crippen molar-refractivity contribution in [3.05, 3.63) is 35.8 Å². The van der Waals surface area contributed by atoms with Gasteiger partial charge < -0.3 is 9.88 Å². The number of nitrogens with one attached hydrogen (secondary N) is 1. The Morgan fingerprint density at radius 1 is 1.67 bits per heavy atom. The van der Waals surface area contributed by atoms with Crippen LogP contribution in [0.15, 0.2) is 35.8 Å². The Hall–Kier alpha value is -1.22. The van der Waals surface area contributed by atoms with Gasteiger partial charge in [0.1, 0.15) is 5.82 Å². The number of nitrogens with zero attached hydrogens (tertiary/aromatic N) is 2. The number of aromatic nitrogens is 2. The van der Waals surface area contributed by atoms with Crippen molar-refractivity contribution in [3.8, 4) is 0 Å².